The minimum Gasteiger partial charge on any atom is -0.326 e. The molecular weight excluding hydrogens is 324 g/mol. The van der Waals surface area contributed by atoms with Crippen LogP contribution in [0.3, 0.4) is 0 Å². The molecule has 1 amide bonds. The Labute approximate surface area is 143 Å². The minimum absolute atomic E-state index is 0.148. The fraction of sp³-hybridized carbons (Fsp3) is 0.278. The Morgan fingerprint density at radius 1 is 1.08 bits per heavy atom. The van der Waals surface area contributed by atoms with E-state index in [2.05, 4.69) is 5.32 Å². The number of nitrogens with one attached hydrogen (secondary N) is 1. The normalized spacial score (nSPS) is 11.4. The first kappa shape index (κ1) is 18.0. The quantitative estimate of drug-likeness (QED) is 0.900. The topological polar surface area (TPSA) is 66.5 Å². The fourth-order valence-electron chi connectivity index (χ4n) is 2.49. The second-order valence-corrected chi connectivity index (χ2v) is 7.70. The molecular formula is C18H22N2O3S. The van der Waals surface area contributed by atoms with Crippen LogP contribution in [0.4, 0.5) is 11.4 Å². The summed E-state index contributed by atoms with van der Waals surface area (Å²) in [6, 6.07) is 13.5. The average Bonchev–Trinajstić information content (AvgIpc) is 2.49. The van der Waals surface area contributed by atoms with E-state index in [-0.39, 0.29) is 16.8 Å². The van der Waals surface area contributed by atoms with Gasteiger partial charge in [0.2, 0.25) is 5.91 Å². The third-order valence-corrected chi connectivity index (χ3v) is 5.56. The number of benzene rings is 2. The summed E-state index contributed by atoms with van der Waals surface area (Å²) in [4.78, 5) is 11.5. The monoisotopic (exact) mass is 346 g/mol. The Morgan fingerprint density at radius 2 is 1.71 bits per heavy atom. The van der Waals surface area contributed by atoms with Crippen LogP contribution in [0.2, 0.25) is 0 Å². The summed E-state index contributed by atoms with van der Waals surface area (Å²) < 4.78 is 27.7. The number of carbonyl (C=O) groups excluding carboxylic acids is 1. The maximum absolute atomic E-state index is 13.1. The van der Waals surface area contributed by atoms with Crippen LogP contribution in [-0.2, 0) is 14.8 Å². The Morgan fingerprint density at radius 3 is 2.25 bits per heavy atom. The zero-order chi connectivity index (χ0) is 17.9. The van der Waals surface area contributed by atoms with Crippen LogP contribution in [-0.4, -0.2) is 20.4 Å². The van der Waals surface area contributed by atoms with Crippen molar-refractivity contribution in [1.29, 1.82) is 0 Å². The third kappa shape index (κ3) is 3.76. The van der Waals surface area contributed by atoms with E-state index in [1.165, 1.54) is 17.3 Å². The largest absolute Gasteiger partial charge is 0.326 e. The number of nitrogens with zero attached hydrogens (tertiary/aromatic N) is 1. The van der Waals surface area contributed by atoms with E-state index in [4.69, 9.17) is 0 Å². The molecule has 0 heterocycles. The molecule has 0 fully saturated rings. The van der Waals surface area contributed by atoms with Crippen LogP contribution >= 0.6 is 0 Å². The molecule has 0 aliphatic rings. The van der Waals surface area contributed by atoms with Gasteiger partial charge in [-0.2, -0.15) is 0 Å². The minimum atomic E-state index is -3.75. The van der Waals surface area contributed by atoms with Gasteiger partial charge in [-0.05, 0) is 50.6 Å². The molecule has 1 N–H and O–H groups in total. The van der Waals surface area contributed by atoms with Crippen LogP contribution < -0.4 is 9.62 Å². The molecule has 0 radical (unpaired) electrons. The van der Waals surface area contributed by atoms with Gasteiger partial charge in [-0.3, -0.25) is 9.10 Å². The number of anilines is 2. The van der Waals surface area contributed by atoms with Crippen molar-refractivity contribution in [2.75, 3.05) is 9.62 Å². The summed E-state index contributed by atoms with van der Waals surface area (Å²) in [6.45, 7) is 6.87. The van der Waals surface area contributed by atoms with Gasteiger partial charge in [0.05, 0.1) is 10.6 Å². The van der Waals surface area contributed by atoms with Crippen LogP contribution in [0.5, 0.6) is 0 Å². The van der Waals surface area contributed by atoms with Crippen LogP contribution in [0.1, 0.15) is 26.3 Å². The molecule has 0 atom stereocenters. The average molecular weight is 346 g/mol. The number of rotatable bonds is 5. The van der Waals surface area contributed by atoms with Gasteiger partial charge in [-0.15, -0.1) is 0 Å². The van der Waals surface area contributed by atoms with Crippen LogP contribution in [0, 0.1) is 6.92 Å². The second-order valence-electron chi connectivity index (χ2n) is 5.89. The van der Waals surface area contributed by atoms with E-state index in [0.717, 1.165) is 5.56 Å². The predicted octanol–water partition coefficient (Wildman–Crippen LogP) is 3.56. The third-order valence-electron chi connectivity index (χ3n) is 3.56. The summed E-state index contributed by atoms with van der Waals surface area (Å²) in [6.07, 6.45) is 0. The number of amides is 1. The highest BCUT2D eigenvalue weighted by Gasteiger charge is 2.27. The van der Waals surface area contributed by atoms with Crippen molar-refractivity contribution in [3.8, 4) is 0 Å². The van der Waals surface area contributed by atoms with Crippen LogP contribution in [0.15, 0.2) is 53.4 Å². The molecule has 0 aliphatic carbocycles. The molecule has 5 nitrogen and oxygen atoms in total. The van der Waals surface area contributed by atoms with Gasteiger partial charge in [0.15, 0.2) is 0 Å². The van der Waals surface area contributed by atoms with Crippen molar-refractivity contribution >= 4 is 27.3 Å². The highest BCUT2D eigenvalue weighted by molar-refractivity contribution is 7.92. The Kier molecular flexibility index (Phi) is 5.29. The van der Waals surface area contributed by atoms with Gasteiger partial charge < -0.3 is 5.32 Å². The summed E-state index contributed by atoms with van der Waals surface area (Å²) >= 11 is 0. The van der Waals surface area contributed by atoms with E-state index >= 15 is 0 Å². The standard InChI is InChI=1S/C18H22N2O3S/c1-13(2)20(16-8-6-5-7-9-16)24(22,23)17-11-10-14(3)18(12-17)19-15(4)21/h5-13H,1-4H3,(H,19,21). The molecule has 0 saturated carbocycles. The van der Waals surface area contributed by atoms with E-state index in [1.54, 1.807) is 36.4 Å². The van der Waals surface area contributed by atoms with Gasteiger partial charge in [0, 0.05) is 18.7 Å². The van der Waals surface area contributed by atoms with Gasteiger partial charge in [-0.1, -0.05) is 24.3 Å². The Balaban J connectivity index is 2.54. The fourth-order valence-corrected chi connectivity index (χ4v) is 4.18. The molecule has 0 spiro atoms. The van der Waals surface area contributed by atoms with Crippen molar-refractivity contribution in [2.45, 2.75) is 38.6 Å². The van der Waals surface area contributed by atoms with Gasteiger partial charge in [0.25, 0.3) is 10.0 Å². The SMILES string of the molecule is CC(=O)Nc1cc(S(=O)(=O)N(c2ccccc2)C(C)C)ccc1C. The van der Waals surface area contributed by atoms with E-state index in [1.807, 2.05) is 26.8 Å². The molecule has 0 aromatic heterocycles. The zero-order valence-electron chi connectivity index (χ0n) is 14.3. The molecule has 2 rings (SSSR count). The van der Waals surface area contributed by atoms with Gasteiger partial charge in [0.1, 0.15) is 0 Å². The second kappa shape index (κ2) is 7.05. The maximum Gasteiger partial charge on any atom is 0.264 e. The first-order chi connectivity index (χ1) is 11.2. The highest BCUT2D eigenvalue weighted by atomic mass is 32.2. The Bertz CT molecular complexity index is 831. The number of para-hydroxylation sites is 1. The Hall–Kier alpha value is -2.34. The van der Waals surface area contributed by atoms with Gasteiger partial charge in [-0.25, -0.2) is 8.42 Å². The highest BCUT2D eigenvalue weighted by Crippen LogP contribution is 2.28. The zero-order valence-corrected chi connectivity index (χ0v) is 15.1. The molecule has 128 valence electrons. The van der Waals surface area contributed by atoms with Crippen molar-refractivity contribution in [3.63, 3.8) is 0 Å². The summed E-state index contributed by atoms with van der Waals surface area (Å²) in [5.74, 6) is -0.239. The molecule has 0 aliphatic heterocycles. The molecule has 0 bridgehead atoms. The molecule has 6 heteroatoms. The predicted molar refractivity (Wildman–Crippen MR) is 96.7 cm³/mol. The lowest BCUT2D eigenvalue weighted by Gasteiger charge is -2.28. The summed E-state index contributed by atoms with van der Waals surface area (Å²) in [5.41, 5.74) is 1.91. The number of carbonyl (C=O) groups is 1. The number of aryl methyl sites for hydroxylation is 1. The van der Waals surface area contributed by atoms with Crippen molar-refractivity contribution in [1.82, 2.24) is 0 Å². The number of hydrogen-bond donors (Lipinski definition) is 1. The maximum atomic E-state index is 13.1. The first-order valence-corrected chi connectivity index (χ1v) is 9.15. The molecule has 2 aromatic rings. The smallest absolute Gasteiger partial charge is 0.264 e. The molecule has 0 saturated heterocycles. The van der Waals surface area contributed by atoms with E-state index in [9.17, 15) is 13.2 Å². The lowest BCUT2D eigenvalue weighted by Crippen LogP contribution is -2.37. The van der Waals surface area contributed by atoms with Crippen molar-refractivity contribution in [2.24, 2.45) is 0 Å². The van der Waals surface area contributed by atoms with Crippen LogP contribution in [0.25, 0.3) is 0 Å². The summed E-state index contributed by atoms with van der Waals surface area (Å²) in [7, 11) is -3.75. The lowest BCUT2D eigenvalue weighted by molar-refractivity contribution is -0.114. The lowest BCUT2D eigenvalue weighted by atomic mass is 10.2. The van der Waals surface area contributed by atoms with E-state index < -0.39 is 10.0 Å². The van der Waals surface area contributed by atoms with Crippen molar-refractivity contribution in [3.05, 3.63) is 54.1 Å². The summed E-state index contributed by atoms with van der Waals surface area (Å²) in [5, 5.41) is 2.67. The molecule has 24 heavy (non-hydrogen) atoms. The van der Waals surface area contributed by atoms with Crippen molar-refractivity contribution < 1.29 is 13.2 Å². The van der Waals surface area contributed by atoms with E-state index in [0.29, 0.717) is 11.4 Å². The molecule has 2 aromatic carbocycles. The first-order valence-electron chi connectivity index (χ1n) is 7.71. The number of hydrogen-bond acceptors (Lipinski definition) is 3. The number of sulfonamides is 1. The van der Waals surface area contributed by atoms with Gasteiger partial charge >= 0.3 is 0 Å². The molecule has 0 unspecified atom stereocenters.